The standard InChI is InChI=1S/C17H22N2O3/c1-10-8-11(2)19(3)17(20)15(10)16(18)13-9-12(21-4)6-7-14(13)22-5/h6-9,16H,18H2,1-5H3. The first-order valence-corrected chi connectivity index (χ1v) is 7.05. The number of benzene rings is 1. The Morgan fingerprint density at radius 2 is 1.82 bits per heavy atom. The molecule has 0 aliphatic heterocycles. The molecule has 0 saturated heterocycles. The fourth-order valence-corrected chi connectivity index (χ4v) is 2.61. The van der Waals surface area contributed by atoms with E-state index >= 15 is 0 Å². The van der Waals surface area contributed by atoms with E-state index in [-0.39, 0.29) is 5.56 Å². The number of hydrogen-bond donors (Lipinski definition) is 1. The molecule has 1 unspecified atom stereocenters. The SMILES string of the molecule is COc1ccc(OC)c(C(N)c2c(C)cc(C)n(C)c2=O)c1. The number of pyridine rings is 1. The van der Waals surface area contributed by atoms with Gasteiger partial charge in [-0.2, -0.15) is 0 Å². The normalized spacial score (nSPS) is 12.1. The lowest BCUT2D eigenvalue weighted by Gasteiger charge is -2.19. The molecule has 1 heterocycles. The van der Waals surface area contributed by atoms with E-state index in [2.05, 4.69) is 0 Å². The van der Waals surface area contributed by atoms with E-state index in [1.165, 1.54) is 0 Å². The van der Waals surface area contributed by atoms with Gasteiger partial charge in [-0.3, -0.25) is 4.79 Å². The number of nitrogens with zero attached hydrogens (tertiary/aromatic N) is 1. The molecule has 0 fully saturated rings. The maximum absolute atomic E-state index is 12.6. The van der Waals surface area contributed by atoms with E-state index in [4.69, 9.17) is 15.2 Å². The van der Waals surface area contributed by atoms with E-state index in [0.29, 0.717) is 17.1 Å². The fourth-order valence-electron chi connectivity index (χ4n) is 2.61. The summed E-state index contributed by atoms with van der Waals surface area (Å²) in [6.45, 7) is 3.80. The molecule has 0 saturated carbocycles. The Morgan fingerprint density at radius 3 is 2.41 bits per heavy atom. The number of hydrogen-bond acceptors (Lipinski definition) is 4. The van der Waals surface area contributed by atoms with Crippen molar-refractivity contribution < 1.29 is 9.47 Å². The first-order chi connectivity index (χ1) is 10.4. The molecule has 2 rings (SSSR count). The van der Waals surface area contributed by atoms with Gasteiger partial charge in [0.1, 0.15) is 11.5 Å². The van der Waals surface area contributed by atoms with Gasteiger partial charge in [-0.25, -0.2) is 0 Å². The van der Waals surface area contributed by atoms with Crippen LogP contribution in [-0.2, 0) is 7.05 Å². The molecule has 0 aliphatic carbocycles. The molecule has 1 atom stereocenters. The van der Waals surface area contributed by atoms with Crippen LogP contribution in [0.4, 0.5) is 0 Å². The van der Waals surface area contributed by atoms with Crippen molar-refractivity contribution >= 4 is 0 Å². The molecule has 0 radical (unpaired) electrons. The summed E-state index contributed by atoms with van der Waals surface area (Å²) in [6.07, 6.45) is 0. The lowest BCUT2D eigenvalue weighted by atomic mass is 9.95. The van der Waals surface area contributed by atoms with Crippen LogP contribution in [0.15, 0.2) is 29.1 Å². The van der Waals surface area contributed by atoms with Crippen molar-refractivity contribution in [2.45, 2.75) is 19.9 Å². The van der Waals surface area contributed by atoms with Gasteiger partial charge < -0.3 is 19.8 Å². The number of ether oxygens (including phenoxy) is 2. The Balaban J connectivity index is 2.65. The van der Waals surface area contributed by atoms with Crippen molar-refractivity contribution in [3.05, 3.63) is 57.0 Å². The van der Waals surface area contributed by atoms with E-state index in [1.807, 2.05) is 26.0 Å². The highest BCUT2D eigenvalue weighted by molar-refractivity contribution is 5.47. The van der Waals surface area contributed by atoms with Crippen molar-refractivity contribution in [1.82, 2.24) is 4.57 Å². The first kappa shape index (κ1) is 16.1. The van der Waals surface area contributed by atoms with E-state index in [1.54, 1.807) is 38.0 Å². The lowest BCUT2D eigenvalue weighted by molar-refractivity contribution is 0.397. The van der Waals surface area contributed by atoms with Crippen molar-refractivity contribution in [3.8, 4) is 11.5 Å². The summed E-state index contributed by atoms with van der Waals surface area (Å²) in [4.78, 5) is 12.6. The minimum atomic E-state index is -0.579. The third-order valence-corrected chi connectivity index (χ3v) is 4.00. The summed E-state index contributed by atoms with van der Waals surface area (Å²) < 4.78 is 12.2. The fraction of sp³-hybridized carbons (Fsp3) is 0.353. The summed E-state index contributed by atoms with van der Waals surface area (Å²) in [5, 5.41) is 0. The molecular weight excluding hydrogens is 280 g/mol. The highest BCUT2D eigenvalue weighted by Crippen LogP contribution is 2.31. The molecule has 22 heavy (non-hydrogen) atoms. The number of rotatable bonds is 4. The van der Waals surface area contributed by atoms with Crippen molar-refractivity contribution in [2.24, 2.45) is 12.8 Å². The number of aromatic nitrogens is 1. The highest BCUT2D eigenvalue weighted by atomic mass is 16.5. The molecule has 1 aromatic heterocycles. The van der Waals surface area contributed by atoms with Gasteiger partial charge in [0.25, 0.3) is 5.56 Å². The molecule has 2 aromatic rings. The Hall–Kier alpha value is -2.27. The van der Waals surface area contributed by atoms with Gasteiger partial charge in [0.05, 0.1) is 20.3 Å². The van der Waals surface area contributed by atoms with Crippen molar-refractivity contribution in [1.29, 1.82) is 0 Å². The zero-order valence-corrected chi connectivity index (χ0v) is 13.6. The number of aryl methyl sites for hydroxylation is 2. The number of methoxy groups -OCH3 is 2. The maximum atomic E-state index is 12.6. The van der Waals surface area contributed by atoms with Gasteiger partial charge in [0, 0.05) is 23.9 Å². The minimum Gasteiger partial charge on any atom is -0.497 e. The second kappa shape index (κ2) is 6.23. The Morgan fingerprint density at radius 1 is 1.14 bits per heavy atom. The average molecular weight is 302 g/mol. The molecule has 0 spiro atoms. The monoisotopic (exact) mass is 302 g/mol. The Labute approximate surface area is 130 Å². The Kier molecular flexibility index (Phi) is 4.56. The van der Waals surface area contributed by atoms with Crippen LogP contribution in [0.25, 0.3) is 0 Å². The lowest BCUT2D eigenvalue weighted by Crippen LogP contribution is -2.30. The summed E-state index contributed by atoms with van der Waals surface area (Å²) in [6, 6.07) is 6.78. The molecular formula is C17H22N2O3. The molecule has 2 N–H and O–H groups in total. The summed E-state index contributed by atoms with van der Waals surface area (Å²) in [7, 11) is 4.92. The summed E-state index contributed by atoms with van der Waals surface area (Å²) >= 11 is 0. The average Bonchev–Trinajstić information content (AvgIpc) is 2.51. The van der Waals surface area contributed by atoms with Gasteiger partial charge in [-0.1, -0.05) is 0 Å². The number of nitrogens with two attached hydrogens (primary N) is 1. The van der Waals surface area contributed by atoms with Crippen LogP contribution < -0.4 is 20.8 Å². The molecule has 0 bridgehead atoms. The first-order valence-electron chi connectivity index (χ1n) is 7.05. The third-order valence-electron chi connectivity index (χ3n) is 4.00. The van der Waals surface area contributed by atoms with Crippen LogP contribution in [0.2, 0.25) is 0 Å². The summed E-state index contributed by atoms with van der Waals surface area (Å²) in [5.41, 5.74) is 9.37. The molecule has 1 aromatic carbocycles. The van der Waals surface area contributed by atoms with Gasteiger partial charge in [0.2, 0.25) is 0 Å². The van der Waals surface area contributed by atoms with Gasteiger partial charge in [-0.15, -0.1) is 0 Å². The highest BCUT2D eigenvalue weighted by Gasteiger charge is 2.21. The smallest absolute Gasteiger partial charge is 0.255 e. The van der Waals surface area contributed by atoms with E-state index in [0.717, 1.165) is 16.8 Å². The van der Waals surface area contributed by atoms with E-state index in [9.17, 15) is 4.79 Å². The van der Waals surface area contributed by atoms with Crippen molar-refractivity contribution in [2.75, 3.05) is 14.2 Å². The second-order valence-corrected chi connectivity index (χ2v) is 5.33. The minimum absolute atomic E-state index is 0.0881. The van der Waals surface area contributed by atoms with Crippen LogP contribution >= 0.6 is 0 Å². The predicted octanol–water partition coefficient (Wildman–Crippen LogP) is 2.07. The van der Waals surface area contributed by atoms with Crippen LogP contribution in [0.1, 0.15) is 28.4 Å². The molecule has 5 heteroatoms. The topological polar surface area (TPSA) is 66.5 Å². The Bertz CT molecular complexity index is 750. The van der Waals surface area contributed by atoms with Gasteiger partial charge >= 0.3 is 0 Å². The van der Waals surface area contributed by atoms with Gasteiger partial charge in [0.15, 0.2) is 0 Å². The third kappa shape index (κ3) is 2.72. The quantitative estimate of drug-likeness (QED) is 0.939. The maximum Gasteiger partial charge on any atom is 0.255 e. The molecule has 118 valence electrons. The zero-order valence-electron chi connectivity index (χ0n) is 13.6. The van der Waals surface area contributed by atoms with Gasteiger partial charge in [-0.05, 0) is 43.7 Å². The summed E-state index contributed by atoms with van der Waals surface area (Å²) in [5.74, 6) is 1.31. The molecule has 5 nitrogen and oxygen atoms in total. The van der Waals surface area contributed by atoms with Crippen LogP contribution in [0, 0.1) is 13.8 Å². The van der Waals surface area contributed by atoms with E-state index < -0.39 is 6.04 Å². The van der Waals surface area contributed by atoms with Crippen LogP contribution in [-0.4, -0.2) is 18.8 Å². The predicted molar refractivity (Wildman–Crippen MR) is 86.7 cm³/mol. The van der Waals surface area contributed by atoms with Crippen LogP contribution in [0.3, 0.4) is 0 Å². The second-order valence-electron chi connectivity index (χ2n) is 5.33. The van der Waals surface area contributed by atoms with Crippen LogP contribution in [0.5, 0.6) is 11.5 Å². The largest absolute Gasteiger partial charge is 0.497 e. The molecule has 0 aliphatic rings. The zero-order chi connectivity index (χ0) is 16.4. The molecule has 0 amide bonds. The van der Waals surface area contributed by atoms with Crippen molar-refractivity contribution in [3.63, 3.8) is 0 Å².